The van der Waals surface area contributed by atoms with E-state index in [0.29, 0.717) is 31.3 Å². The number of hydrogen-bond acceptors (Lipinski definition) is 5. The number of hydrogen-bond donors (Lipinski definition) is 2. The number of aromatic carboxylic acids is 1. The highest BCUT2D eigenvalue weighted by molar-refractivity contribution is 5.90. The second-order valence-corrected chi connectivity index (χ2v) is 7.10. The van der Waals surface area contributed by atoms with Gasteiger partial charge in [-0.05, 0) is 24.5 Å². The summed E-state index contributed by atoms with van der Waals surface area (Å²) in [7, 11) is 0. The number of amides is 1. The first-order valence-corrected chi connectivity index (χ1v) is 9.22. The molecular weight excluding hydrogens is 378 g/mol. The molecule has 3 aromatic rings. The first-order valence-electron chi connectivity index (χ1n) is 9.22. The Balaban J connectivity index is 1.41. The minimum absolute atomic E-state index is 0.00781. The fraction of sp³-hybridized carbons (Fsp3) is 0.316. The van der Waals surface area contributed by atoms with Crippen molar-refractivity contribution in [1.29, 1.82) is 0 Å². The number of non-ortho nitro benzene ring substituents is 1. The van der Waals surface area contributed by atoms with Crippen molar-refractivity contribution in [2.75, 3.05) is 13.1 Å². The second kappa shape index (κ2) is 7.38. The number of likely N-dealkylation sites (tertiary alicyclic amines) is 1. The van der Waals surface area contributed by atoms with Gasteiger partial charge in [0.15, 0.2) is 0 Å². The summed E-state index contributed by atoms with van der Waals surface area (Å²) in [5.74, 6) is -1.05. The van der Waals surface area contributed by atoms with Crippen LogP contribution < -0.4 is 0 Å². The number of nitro groups is 1. The average molecular weight is 397 g/mol. The van der Waals surface area contributed by atoms with Crippen LogP contribution in [0.3, 0.4) is 0 Å². The SMILES string of the molecule is O=C(O)c1cnn(C2CCN(C(=O)Cc3c[nH]c4ccc([N+](=O)[O-])cc34)CC2)c1. The highest BCUT2D eigenvalue weighted by Crippen LogP contribution is 2.26. The standard InChI is InChI=1S/C19H19N5O5/c25-18(7-12-9-20-17-2-1-15(24(28)29)8-16(12)17)22-5-3-14(4-6-22)23-11-13(10-21-23)19(26)27/h1-2,8-11,14,20H,3-7H2,(H,26,27). The van der Waals surface area contributed by atoms with Crippen molar-refractivity contribution < 1.29 is 19.6 Å². The Kier molecular flexibility index (Phi) is 4.75. The molecule has 4 rings (SSSR count). The Labute approximate surface area is 164 Å². The van der Waals surface area contributed by atoms with Gasteiger partial charge in [-0.25, -0.2) is 4.79 Å². The molecule has 3 heterocycles. The van der Waals surface area contributed by atoms with Crippen LogP contribution in [0, 0.1) is 10.1 Å². The summed E-state index contributed by atoms with van der Waals surface area (Å²) in [5, 5.41) is 24.8. The highest BCUT2D eigenvalue weighted by atomic mass is 16.6. The molecule has 0 atom stereocenters. The van der Waals surface area contributed by atoms with Gasteiger partial charge in [0.25, 0.3) is 5.69 Å². The number of carbonyl (C=O) groups excluding carboxylic acids is 1. The molecule has 1 fully saturated rings. The Hall–Kier alpha value is -3.69. The number of nitrogens with zero attached hydrogens (tertiary/aromatic N) is 4. The Bertz CT molecular complexity index is 1090. The van der Waals surface area contributed by atoms with E-state index in [0.717, 1.165) is 11.1 Å². The zero-order valence-corrected chi connectivity index (χ0v) is 15.4. The van der Waals surface area contributed by atoms with Gasteiger partial charge < -0.3 is 15.0 Å². The number of piperidine rings is 1. The smallest absolute Gasteiger partial charge is 0.338 e. The molecule has 2 N–H and O–H groups in total. The third kappa shape index (κ3) is 3.68. The summed E-state index contributed by atoms with van der Waals surface area (Å²) < 4.78 is 1.66. The Morgan fingerprint density at radius 2 is 2.07 bits per heavy atom. The number of carbonyl (C=O) groups is 2. The van der Waals surface area contributed by atoms with Gasteiger partial charge in [-0.15, -0.1) is 0 Å². The van der Waals surface area contributed by atoms with E-state index in [4.69, 9.17) is 5.11 Å². The Morgan fingerprint density at radius 1 is 1.31 bits per heavy atom. The monoisotopic (exact) mass is 397 g/mol. The minimum atomic E-state index is -1.01. The van der Waals surface area contributed by atoms with E-state index in [1.54, 1.807) is 21.8 Å². The minimum Gasteiger partial charge on any atom is -0.478 e. The number of H-pyrrole nitrogens is 1. The Morgan fingerprint density at radius 3 is 2.72 bits per heavy atom. The zero-order valence-electron chi connectivity index (χ0n) is 15.4. The summed E-state index contributed by atoms with van der Waals surface area (Å²) >= 11 is 0. The fourth-order valence-electron chi connectivity index (χ4n) is 3.73. The van der Waals surface area contributed by atoms with Crippen LogP contribution in [0.2, 0.25) is 0 Å². The van der Waals surface area contributed by atoms with Crippen molar-refractivity contribution in [3.05, 3.63) is 58.0 Å². The van der Waals surface area contributed by atoms with Crippen molar-refractivity contribution in [3.63, 3.8) is 0 Å². The van der Waals surface area contributed by atoms with E-state index in [9.17, 15) is 19.7 Å². The molecule has 0 aliphatic carbocycles. The largest absolute Gasteiger partial charge is 0.478 e. The molecule has 10 nitrogen and oxygen atoms in total. The van der Waals surface area contributed by atoms with Gasteiger partial charge in [0.05, 0.1) is 29.1 Å². The van der Waals surface area contributed by atoms with E-state index >= 15 is 0 Å². The van der Waals surface area contributed by atoms with Crippen molar-refractivity contribution >= 4 is 28.5 Å². The lowest BCUT2D eigenvalue weighted by molar-refractivity contribution is -0.384. The van der Waals surface area contributed by atoms with Crippen molar-refractivity contribution in [1.82, 2.24) is 19.7 Å². The number of rotatable bonds is 5. The van der Waals surface area contributed by atoms with Gasteiger partial charge in [0.2, 0.25) is 5.91 Å². The number of aromatic nitrogens is 3. The number of carboxylic acid groups (broad SMARTS) is 1. The van der Waals surface area contributed by atoms with Gasteiger partial charge in [-0.3, -0.25) is 19.6 Å². The number of benzene rings is 1. The van der Waals surface area contributed by atoms with E-state index in [2.05, 4.69) is 10.1 Å². The molecule has 1 saturated heterocycles. The lowest BCUT2D eigenvalue weighted by Gasteiger charge is -2.32. The van der Waals surface area contributed by atoms with Crippen LogP contribution in [0.15, 0.2) is 36.8 Å². The summed E-state index contributed by atoms with van der Waals surface area (Å²) in [6.45, 7) is 1.10. The van der Waals surface area contributed by atoms with Gasteiger partial charge in [0.1, 0.15) is 0 Å². The first kappa shape index (κ1) is 18.7. The van der Waals surface area contributed by atoms with Crippen molar-refractivity contribution in [2.24, 2.45) is 0 Å². The third-order valence-corrected chi connectivity index (χ3v) is 5.34. The van der Waals surface area contributed by atoms with E-state index < -0.39 is 10.9 Å². The number of fused-ring (bicyclic) bond motifs is 1. The van der Waals surface area contributed by atoms with E-state index in [-0.39, 0.29) is 29.6 Å². The normalized spacial score (nSPS) is 15.0. The van der Waals surface area contributed by atoms with Crippen LogP contribution in [-0.4, -0.2) is 54.7 Å². The van der Waals surface area contributed by atoms with Crippen LogP contribution in [0.25, 0.3) is 10.9 Å². The molecule has 0 saturated carbocycles. The average Bonchev–Trinajstić information content (AvgIpc) is 3.35. The molecular formula is C19H19N5O5. The van der Waals surface area contributed by atoms with Crippen LogP contribution in [-0.2, 0) is 11.2 Å². The van der Waals surface area contributed by atoms with Gasteiger partial charge in [0, 0.05) is 48.5 Å². The van der Waals surface area contributed by atoms with E-state index in [1.807, 2.05) is 0 Å². The highest BCUT2D eigenvalue weighted by Gasteiger charge is 2.25. The summed E-state index contributed by atoms with van der Waals surface area (Å²) in [6.07, 6.45) is 6.10. The van der Waals surface area contributed by atoms with Crippen LogP contribution >= 0.6 is 0 Å². The quantitative estimate of drug-likeness (QED) is 0.501. The predicted octanol–water partition coefficient (Wildman–Crippen LogP) is 2.38. The lowest BCUT2D eigenvalue weighted by Crippen LogP contribution is -2.39. The van der Waals surface area contributed by atoms with Crippen LogP contribution in [0.1, 0.15) is 34.8 Å². The molecule has 1 aliphatic heterocycles. The number of carboxylic acids is 1. The van der Waals surface area contributed by atoms with Crippen molar-refractivity contribution in [3.8, 4) is 0 Å². The maximum absolute atomic E-state index is 12.7. The summed E-state index contributed by atoms with van der Waals surface area (Å²) in [4.78, 5) is 39.1. The molecule has 29 heavy (non-hydrogen) atoms. The maximum Gasteiger partial charge on any atom is 0.338 e. The molecule has 10 heteroatoms. The fourth-order valence-corrected chi connectivity index (χ4v) is 3.73. The summed E-state index contributed by atoms with van der Waals surface area (Å²) in [6, 6.07) is 4.61. The maximum atomic E-state index is 12.7. The molecule has 0 radical (unpaired) electrons. The number of aromatic amines is 1. The molecule has 0 spiro atoms. The lowest BCUT2D eigenvalue weighted by atomic mass is 10.0. The molecule has 150 valence electrons. The number of nitro benzene ring substituents is 1. The summed E-state index contributed by atoms with van der Waals surface area (Å²) in [5.41, 5.74) is 1.63. The van der Waals surface area contributed by atoms with E-state index in [1.165, 1.54) is 24.5 Å². The van der Waals surface area contributed by atoms with Crippen molar-refractivity contribution in [2.45, 2.75) is 25.3 Å². The molecule has 1 aliphatic rings. The first-order chi connectivity index (χ1) is 13.9. The third-order valence-electron chi connectivity index (χ3n) is 5.34. The van der Waals surface area contributed by atoms with Crippen LogP contribution in [0.5, 0.6) is 0 Å². The predicted molar refractivity (Wildman–Crippen MR) is 103 cm³/mol. The van der Waals surface area contributed by atoms with Gasteiger partial charge in [-0.2, -0.15) is 5.10 Å². The van der Waals surface area contributed by atoms with Crippen LogP contribution in [0.4, 0.5) is 5.69 Å². The molecule has 1 amide bonds. The van der Waals surface area contributed by atoms with Gasteiger partial charge in [-0.1, -0.05) is 0 Å². The van der Waals surface area contributed by atoms with Gasteiger partial charge >= 0.3 is 5.97 Å². The second-order valence-electron chi connectivity index (χ2n) is 7.10. The topological polar surface area (TPSA) is 134 Å². The molecule has 0 unspecified atom stereocenters. The molecule has 1 aromatic carbocycles. The number of nitrogens with one attached hydrogen (secondary N) is 1. The molecule has 0 bridgehead atoms. The zero-order chi connectivity index (χ0) is 20.5. The molecule has 2 aromatic heterocycles.